The Morgan fingerprint density at radius 2 is 1.81 bits per heavy atom. The fraction of sp³-hybridized carbons (Fsp3) is 0.462. The Hall–Kier alpha value is -3.02. The van der Waals surface area contributed by atoms with E-state index in [4.69, 9.17) is 9.47 Å². The molecule has 1 N–H and O–H groups in total. The Morgan fingerprint density at radius 1 is 1.12 bits per heavy atom. The second-order valence-corrected chi connectivity index (χ2v) is 9.14. The Kier molecular flexibility index (Phi) is 7.44. The van der Waals surface area contributed by atoms with Crippen molar-refractivity contribution in [3.8, 4) is 11.5 Å². The largest absolute Gasteiger partial charge is 0.492 e. The first kappa shape index (κ1) is 23.6. The average Bonchev–Trinajstić information content (AvgIpc) is 2.76. The molecule has 0 saturated heterocycles. The van der Waals surface area contributed by atoms with Gasteiger partial charge in [0.25, 0.3) is 5.91 Å². The van der Waals surface area contributed by atoms with Gasteiger partial charge >= 0.3 is 0 Å². The molecule has 0 atom stereocenters. The van der Waals surface area contributed by atoms with Gasteiger partial charge in [-0.15, -0.1) is 0 Å². The number of ether oxygens (including phenoxy) is 2. The van der Waals surface area contributed by atoms with Crippen molar-refractivity contribution in [2.75, 3.05) is 30.0 Å². The minimum Gasteiger partial charge on any atom is -0.492 e. The molecule has 1 heterocycles. The Bertz CT molecular complexity index is 943. The van der Waals surface area contributed by atoms with E-state index in [0.29, 0.717) is 30.3 Å². The van der Waals surface area contributed by atoms with Crippen LogP contribution in [0.3, 0.4) is 0 Å². The summed E-state index contributed by atoms with van der Waals surface area (Å²) < 4.78 is 11.5. The summed E-state index contributed by atoms with van der Waals surface area (Å²) in [6.45, 7) is 11.3. The van der Waals surface area contributed by atoms with Crippen molar-refractivity contribution in [3.63, 3.8) is 0 Å². The van der Waals surface area contributed by atoms with Crippen LogP contribution in [0.25, 0.3) is 0 Å². The Labute approximate surface area is 190 Å². The van der Waals surface area contributed by atoms with Crippen molar-refractivity contribution in [1.29, 1.82) is 0 Å². The summed E-state index contributed by atoms with van der Waals surface area (Å²) >= 11 is 0. The molecule has 0 unspecified atom stereocenters. The lowest BCUT2D eigenvalue weighted by molar-refractivity contribution is -0.121. The van der Waals surface area contributed by atoms with Crippen LogP contribution in [0.15, 0.2) is 42.5 Å². The molecule has 0 aromatic heterocycles. The van der Waals surface area contributed by atoms with Crippen LogP contribution in [0.2, 0.25) is 0 Å². The zero-order valence-electron chi connectivity index (χ0n) is 19.7. The van der Waals surface area contributed by atoms with Gasteiger partial charge in [-0.25, -0.2) is 0 Å². The molecular formula is C26H34N2O4. The van der Waals surface area contributed by atoms with Gasteiger partial charge in [0.2, 0.25) is 5.91 Å². The normalized spacial score (nSPS) is 13.6. The Morgan fingerprint density at radius 3 is 2.44 bits per heavy atom. The van der Waals surface area contributed by atoms with E-state index < -0.39 is 0 Å². The van der Waals surface area contributed by atoms with Crippen molar-refractivity contribution >= 4 is 23.2 Å². The van der Waals surface area contributed by atoms with E-state index in [-0.39, 0.29) is 29.8 Å². The summed E-state index contributed by atoms with van der Waals surface area (Å²) in [4.78, 5) is 26.7. The molecule has 6 nitrogen and oxygen atoms in total. The number of carbonyl (C=O) groups excluding carboxylic acids is 2. The van der Waals surface area contributed by atoms with Gasteiger partial charge in [-0.3, -0.25) is 9.59 Å². The third-order valence-corrected chi connectivity index (χ3v) is 5.83. The third kappa shape index (κ3) is 5.61. The fourth-order valence-electron chi connectivity index (χ4n) is 3.73. The highest BCUT2D eigenvalue weighted by atomic mass is 16.5. The standard InChI is InChI=1S/C26H34N2O4/c1-6-18(7-2)25(30)27-20-10-13-23-22(16-20)28(24(29)17-32-23)14-15-31-21-11-8-19(9-12-21)26(3,4)5/h8-13,16,18H,6-7,14-15,17H2,1-5H3,(H,27,30). The topological polar surface area (TPSA) is 67.9 Å². The molecule has 0 bridgehead atoms. The highest BCUT2D eigenvalue weighted by molar-refractivity contribution is 5.99. The number of anilines is 2. The zero-order chi connectivity index (χ0) is 23.3. The number of carbonyl (C=O) groups is 2. The smallest absolute Gasteiger partial charge is 0.265 e. The monoisotopic (exact) mass is 438 g/mol. The van der Waals surface area contributed by atoms with E-state index >= 15 is 0 Å². The first-order valence-electron chi connectivity index (χ1n) is 11.3. The van der Waals surface area contributed by atoms with Gasteiger partial charge in [0.05, 0.1) is 12.2 Å². The molecule has 0 fully saturated rings. The average molecular weight is 439 g/mol. The Balaban J connectivity index is 1.67. The number of amides is 2. The first-order chi connectivity index (χ1) is 15.2. The van der Waals surface area contributed by atoms with Crippen LogP contribution >= 0.6 is 0 Å². The SMILES string of the molecule is CCC(CC)C(=O)Nc1ccc2c(c1)N(CCOc1ccc(C(C)(C)C)cc1)C(=O)CO2. The van der Waals surface area contributed by atoms with Crippen molar-refractivity contribution in [2.45, 2.75) is 52.9 Å². The number of rotatable bonds is 8. The van der Waals surface area contributed by atoms with Crippen molar-refractivity contribution in [2.24, 2.45) is 5.92 Å². The number of benzene rings is 2. The minimum absolute atomic E-state index is 0.00721. The maximum atomic E-state index is 12.5. The van der Waals surface area contributed by atoms with E-state index in [0.717, 1.165) is 18.6 Å². The van der Waals surface area contributed by atoms with E-state index in [9.17, 15) is 9.59 Å². The summed E-state index contributed by atoms with van der Waals surface area (Å²) in [5, 5.41) is 2.96. The molecule has 3 rings (SSSR count). The van der Waals surface area contributed by atoms with E-state index in [1.807, 2.05) is 26.0 Å². The number of hydrogen-bond donors (Lipinski definition) is 1. The summed E-state index contributed by atoms with van der Waals surface area (Å²) in [6.07, 6.45) is 1.57. The molecule has 2 aromatic carbocycles. The molecule has 0 aliphatic carbocycles. The summed E-state index contributed by atoms with van der Waals surface area (Å²) in [5.74, 6) is 1.22. The summed E-state index contributed by atoms with van der Waals surface area (Å²) in [6, 6.07) is 13.5. The van der Waals surface area contributed by atoms with Crippen LogP contribution in [0.4, 0.5) is 11.4 Å². The zero-order valence-corrected chi connectivity index (χ0v) is 19.7. The highest BCUT2D eigenvalue weighted by Crippen LogP contribution is 2.35. The predicted octanol–water partition coefficient (Wildman–Crippen LogP) is 5.16. The maximum absolute atomic E-state index is 12.5. The van der Waals surface area contributed by atoms with E-state index in [2.05, 4.69) is 38.2 Å². The molecule has 32 heavy (non-hydrogen) atoms. The van der Waals surface area contributed by atoms with E-state index in [1.165, 1.54) is 5.56 Å². The third-order valence-electron chi connectivity index (χ3n) is 5.83. The minimum atomic E-state index is -0.132. The number of nitrogens with zero attached hydrogens (tertiary/aromatic N) is 1. The maximum Gasteiger partial charge on any atom is 0.265 e. The van der Waals surface area contributed by atoms with Crippen LogP contribution in [0.1, 0.15) is 53.0 Å². The molecule has 6 heteroatoms. The van der Waals surface area contributed by atoms with Crippen LogP contribution in [0.5, 0.6) is 11.5 Å². The fourth-order valence-corrected chi connectivity index (χ4v) is 3.73. The molecule has 1 aliphatic heterocycles. The molecule has 172 valence electrons. The van der Waals surface area contributed by atoms with Crippen molar-refractivity contribution in [1.82, 2.24) is 0 Å². The van der Waals surface area contributed by atoms with Gasteiger partial charge in [0.15, 0.2) is 6.61 Å². The van der Waals surface area contributed by atoms with Gasteiger partial charge in [0.1, 0.15) is 18.1 Å². The molecule has 0 spiro atoms. The lowest BCUT2D eigenvalue weighted by Crippen LogP contribution is -2.41. The number of fused-ring (bicyclic) bond motifs is 1. The predicted molar refractivity (Wildman–Crippen MR) is 128 cm³/mol. The van der Waals surface area contributed by atoms with E-state index in [1.54, 1.807) is 23.1 Å². The van der Waals surface area contributed by atoms with Crippen LogP contribution < -0.4 is 19.7 Å². The molecule has 2 amide bonds. The lowest BCUT2D eigenvalue weighted by atomic mass is 9.87. The molecular weight excluding hydrogens is 404 g/mol. The second kappa shape index (κ2) is 10.1. The van der Waals surface area contributed by atoms with Gasteiger partial charge in [-0.2, -0.15) is 0 Å². The number of nitrogens with one attached hydrogen (secondary N) is 1. The summed E-state index contributed by atoms with van der Waals surface area (Å²) in [7, 11) is 0. The van der Waals surface area contributed by atoms with Crippen LogP contribution in [0, 0.1) is 5.92 Å². The lowest BCUT2D eigenvalue weighted by Gasteiger charge is -2.30. The van der Waals surface area contributed by atoms with Gasteiger partial charge in [-0.1, -0.05) is 46.8 Å². The van der Waals surface area contributed by atoms with Crippen molar-refractivity contribution in [3.05, 3.63) is 48.0 Å². The quantitative estimate of drug-likeness (QED) is 0.618. The summed E-state index contributed by atoms with van der Waals surface area (Å²) in [5.41, 5.74) is 2.63. The molecule has 2 aromatic rings. The van der Waals surface area contributed by atoms with Crippen molar-refractivity contribution < 1.29 is 19.1 Å². The van der Waals surface area contributed by atoms with Gasteiger partial charge in [-0.05, 0) is 54.2 Å². The first-order valence-corrected chi connectivity index (χ1v) is 11.3. The number of hydrogen-bond acceptors (Lipinski definition) is 4. The molecule has 1 aliphatic rings. The second-order valence-electron chi connectivity index (χ2n) is 9.14. The highest BCUT2D eigenvalue weighted by Gasteiger charge is 2.26. The van der Waals surface area contributed by atoms with Gasteiger partial charge < -0.3 is 19.7 Å². The molecule has 0 radical (unpaired) electrons. The van der Waals surface area contributed by atoms with Crippen LogP contribution in [-0.2, 0) is 15.0 Å². The van der Waals surface area contributed by atoms with Gasteiger partial charge in [0, 0.05) is 11.6 Å². The van der Waals surface area contributed by atoms with Crippen LogP contribution in [-0.4, -0.2) is 31.6 Å². The molecule has 0 saturated carbocycles.